The van der Waals surface area contributed by atoms with Gasteiger partial charge in [0.2, 0.25) is 5.91 Å². The first-order chi connectivity index (χ1) is 14.1. The van der Waals surface area contributed by atoms with Crippen LogP contribution in [-0.2, 0) is 17.8 Å². The average Bonchev–Trinajstić information content (AvgIpc) is 3.10. The molecule has 0 radical (unpaired) electrons. The summed E-state index contributed by atoms with van der Waals surface area (Å²) in [6, 6.07) is 16.7. The van der Waals surface area contributed by atoms with E-state index in [2.05, 4.69) is 10.3 Å². The van der Waals surface area contributed by atoms with Gasteiger partial charge in [-0.3, -0.25) is 19.3 Å². The third kappa shape index (κ3) is 4.22. The molecule has 148 valence electrons. The molecule has 2 aromatic carbocycles. The second kappa shape index (κ2) is 8.57. The van der Waals surface area contributed by atoms with Gasteiger partial charge in [0.05, 0.1) is 11.4 Å². The predicted octanol–water partition coefficient (Wildman–Crippen LogP) is 2.88. The highest BCUT2D eigenvalue weighted by Crippen LogP contribution is 2.27. The zero-order valence-corrected chi connectivity index (χ0v) is 16.5. The third-order valence-electron chi connectivity index (χ3n) is 4.93. The second-order valence-corrected chi connectivity index (χ2v) is 7.89. The molecule has 7 nitrogen and oxygen atoms in total. The van der Waals surface area contributed by atoms with E-state index in [-0.39, 0.29) is 35.7 Å². The molecule has 3 aromatic rings. The number of rotatable bonds is 6. The number of carbonyl (C=O) groups excluding carboxylic acids is 2. The first-order valence-electron chi connectivity index (χ1n) is 9.49. The fraction of sp³-hybridized carbons (Fsp3) is 0.286. The fourth-order valence-electron chi connectivity index (χ4n) is 3.47. The number of amides is 2. The Morgan fingerprint density at radius 3 is 2.66 bits per heavy atom. The summed E-state index contributed by atoms with van der Waals surface area (Å²) in [6.07, 6.45) is 1.25. The molecule has 4 rings (SSSR count). The van der Waals surface area contributed by atoms with Gasteiger partial charge in [0, 0.05) is 18.7 Å². The molecule has 1 aliphatic rings. The summed E-state index contributed by atoms with van der Waals surface area (Å²) in [4.78, 5) is 38.8. The topological polar surface area (TPSA) is 85.2 Å². The lowest BCUT2D eigenvalue weighted by Crippen LogP contribution is -2.40. The van der Waals surface area contributed by atoms with Crippen LogP contribution in [0.2, 0.25) is 0 Å². The van der Waals surface area contributed by atoms with Gasteiger partial charge in [0.15, 0.2) is 0 Å². The molecule has 1 aliphatic heterocycles. The minimum atomic E-state index is -0.224. The van der Waals surface area contributed by atoms with Crippen molar-refractivity contribution in [3.05, 3.63) is 70.5 Å². The summed E-state index contributed by atoms with van der Waals surface area (Å²) in [5.41, 5.74) is 1.43. The minimum Gasteiger partial charge on any atom is -0.274 e. The van der Waals surface area contributed by atoms with Crippen molar-refractivity contribution in [2.24, 2.45) is 0 Å². The maximum Gasteiger partial charge on any atom is 0.288 e. The van der Waals surface area contributed by atoms with E-state index in [0.717, 1.165) is 5.56 Å². The van der Waals surface area contributed by atoms with E-state index >= 15 is 0 Å². The Hall–Kier alpha value is -3.00. The maximum absolute atomic E-state index is 12.7. The molecule has 1 aromatic heterocycles. The van der Waals surface area contributed by atoms with Crippen LogP contribution in [0.25, 0.3) is 10.9 Å². The molecule has 2 heterocycles. The van der Waals surface area contributed by atoms with Crippen LogP contribution >= 0.6 is 11.8 Å². The highest BCUT2D eigenvalue weighted by molar-refractivity contribution is 8.14. The number of carbonyl (C=O) groups is 2. The molecule has 1 fully saturated rings. The van der Waals surface area contributed by atoms with Gasteiger partial charge in [-0.2, -0.15) is 0 Å². The number of hydrogen-bond donors (Lipinski definition) is 0. The summed E-state index contributed by atoms with van der Waals surface area (Å²) in [5, 5.41) is 8.30. The molecule has 1 atom stereocenters. The molecule has 0 N–H and O–H groups in total. The molecular weight excluding hydrogens is 388 g/mol. The third-order valence-corrected chi connectivity index (χ3v) is 5.93. The molecule has 0 bridgehead atoms. The van der Waals surface area contributed by atoms with Crippen LogP contribution in [0.3, 0.4) is 0 Å². The van der Waals surface area contributed by atoms with Gasteiger partial charge >= 0.3 is 0 Å². The van der Waals surface area contributed by atoms with Gasteiger partial charge in [0.25, 0.3) is 10.8 Å². The van der Waals surface area contributed by atoms with E-state index in [0.29, 0.717) is 29.5 Å². The Kier molecular flexibility index (Phi) is 5.71. The van der Waals surface area contributed by atoms with Crippen LogP contribution in [0, 0.1) is 0 Å². The van der Waals surface area contributed by atoms with E-state index in [1.165, 1.54) is 21.3 Å². The van der Waals surface area contributed by atoms with Crippen molar-refractivity contribution in [2.75, 3.05) is 5.75 Å². The zero-order chi connectivity index (χ0) is 20.2. The predicted molar refractivity (Wildman–Crippen MR) is 112 cm³/mol. The second-order valence-electron chi connectivity index (χ2n) is 6.92. The average molecular weight is 408 g/mol. The molecule has 29 heavy (non-hydrogen) atoms. The number of thioether (sulfide) groups is 1. The number of nitrogens with zero attached hydrogens (tertiary/aromatic N) is 4. The van der Waals surface area contributed by atoms with E-state index in [1.807, 2.05) is 30.3 Å². The Morgan fingerprint density at radius 1 is 1.07 bits per heavy atom. The number of benzene rings is 2. The van der Waals surface area contributed by atoms with Crippen LogP contribution < -0.4 is 5.56 Å². The maximum atomic E-state index is 12.7. The number of fused-ring (bicyclic) bond motifs is 1. The lowest BCUT2D eigenvalue weighted by molar-refractivity contribution is -0.129. The van der Waals surface area contributed by atoms with Crippen LogP contribution in [-0.4, -0.2) is 42.8 Å². The smallest absolute Gasteiger partial charge is 0.274 e. The van der Waals surface area contributed by atoms with Crippen molar-refractivity contribution in [2.45, 2.75) is 31.8 Å². The van der Waals surface area contributed by atoms with Crippen LogP contribution in [0.4, 0.5) is 4.79 Å². The molecule has 8 heteroatoms. The van der Waals surface area contributed by atoms with E-state index < -0.39 is 0 Å². The van der Waals surface area contributed by atoms with Gasteiger partial charge in [-0.15, -0.1) is 5.10 Å². The Labute approximate surface area is 171 Å². The first kappa shape index (κ1) is 19.3. The Morgan fingerprint density at radius 2 is 1.83 bits per heavy atom. The van der Waals surface area contributed by atoms with Crippen molar-refractivity contribution >= 4 is 33.8 Å². The number of hydrogen-bond acceptors (Lipinski definition) is 6. The van der Waals surface area contributed by atoms with Crippen molar-refractivity contribution in [1.29, 1.82) is 0 Å². The molecule has 1 unspecified atom stereocenters. The Balaban J connectivity index is 1.39. The van der Waals surface area contributed by atoms with Crippen molar-refractivity contribution in [3.63, 3.8) is 0 Å². The van der Waals surface area contributed by atoms with Crippen LogP contribution in [0.1, 0.15) is 18.4 Å². The number of aryl methyl sites for hydroxylation is 1. The van der Waals surface area contributed by atoms with E-state index in [9.17, 15) is 14.4 Å². The van der Waals surface area contributed by atoms with Crippen LogP contribution in [0.15, 0.2) is 59.4 Å². The normalized spacial score (nSPS) is 16.5. The molecular formula is C21H20N4O3S. The molecule has 2 amide bonds. The largest absolute Gasteiger partial charge is 0.288 e. The summed E-state index contributed by atoms with van der Waals surface area (Å²) in [6.45, 7) is 0.279. The highest BCUT2D eigenvalue weighted by Gasteiger charge is 2.36. The molecule has 0 aliphatic carbocycles. The fourth-order valence-corrected chi connectivity index (χ4v) is 4.46. The minimum absolute atomic E-state index is 0.134. The zero-order valence-electron chi connectivity index (χ0n) is 15.7. The SMILES string of the molecule is O=C(CCCn1nnc2ccccc2c1=O)N1C(=O)SCC1Cc1ccccc1. The summed E-state index contributed by atoms with van der Waals surface area (Å²) < 4.78 is 1.28. The van der Waals surface area contributed by atoms with Gasteiger partial charge in [-0.05, 0) is 30.5 Å². The number of aromatic nitrogens is 3. The van der Waals surface area contributed by atoms with Gasteiger partial charge < -0.3 is 0 Å². The van der Waals surface area contributed by atoms with Gasteiger partial charge in [-0.25, -0.2) is 4.68 Å². The summed E-state index contributed by atoms with van der Waals surface area (Å²) in [5.74, 6) is 0.400. The first-order valence-corrected chi connectivity index (χ1v) is 10.5. The molecule has 1 saturated heterocycles. The van der Waals surface area contributed by atoms with Gasteiger partial charge in [0.1, 0.15) is 5.52 Å². The van der Waals surface area contributed by atoms with Crippen molar-refractivity contribution < 1.29 is 9.59 Å². The van der Waals surface area contributed by atoms with Crippen molar-refractivity contribution in [3.8, 4) is 0 Å². The standard InChI is InChI=1S/C21H20N4O3S/c26-19(25-16(14-29-21(25)28)13-15-7-2-1-3-8-15)11-6-12-24-20(27)17-9-4-5-10-18(17)22-23-24/h1-5,7-10,16H,6,11-14H2. The van der Waals surface area contributed by atoms with Crippen LogP contribution in [0.5, 0.6) is 0 Å². The van der Waals surface area contributed by atoms with Gasteiger partial charge in [-0.1, -0.05) is 59.4 Å². The summed E-state index contributed by atoms with van der Waals surface area (Å²) in [7, 11) is 0. The van der Waals surface area contributed by atoms with Crippen molar-refractivity contribution in [1.82, 2.24) is 19.9 Å². The highest BCUT2D eigenvalue weighted by atomic mass is 32.2. The quantitative estimate of drug-likeness (QED) is 0.624. The lowest BCUT2D eigenvalue weighted by atomic mass is 10.1. The van der Waals surface area contributed by atoms with E-state index in [4.69, 9.17) is 0 Å². The molecule has 0 saturated carbocycles. The lowest BCUT2D eigenvalue weighted by Gasteiger charge is -2.22. The monoisotopic (exact) mass is 408 g/mol. The summed E-state index contributed by atoms with van der Waals surface area (Å²) >= 11 is 1.18. The number of imide groups is 1. The Bertz CT molecular complexity index is 1100. The molecule has 0 spiro atoms. The van der Waals surface area contributed by atoms with E-state index in [1.54, 1.807) is 24.3 Å².